The maximum absolute atomic E-state index is 15.6. The highest BCUT2D eigenvalue weighted by Gasteiger charge is 2.35. The molecule has 4 heterocycles. The van der Waals surface area contributed by atoms with Gasteiger partial charge in [0.25, 0.3) is 11.8 Å². The quantitative estimate of drug-likeness (QED) is 0.230. The van der Waals surface area contributed by atoms with Gasteiger partial charge in [-0.25, -0.2) is 4.39 Å². The van der Waals surface area contributed by atoms with Crippen LogP contribution in [0.4, 0.5) is 15.8 Å². The van der Waals surface area contributed by atoms with E-state index in [-0.39, 0.29) is 34.9 Å². The third-order valence-electron chi connectivity index (χ3n) is 10.0. The van der Waals surface area contributed by atoms with Crippen LogP contribution in [0, 0.1) is 12.7 Å². The number of nitrogens with zero attached hydrogens (tertiary/aromatic N) is 6. The highest BCUT2D eigenvalue weighted by molar-refractivity contribution is 6.12. The smallest absolute Gasteiger partial charge is 0.264 e. The molecule has 2 aliphatic rings. The van der Waals surface area contributed by atoms with Crippen molar-refractivity contribution in [1.29, 1.82) is 0 Å². The summed E-state index contributed by atoms with van der Waals surface area (Å²) in [5.41, 5.74) is 5.54. The lowest BCUT2D eigenvalue weighted by molar-refractivity contribution is 0.0193. The van der Waals surface area contributed by atoms with Crippen LogP contribution in [0.5, 0.6) is 11.5 Å². The minimum atomic E-state index is -0.649. The first kappa shape index (κ1) is 34.0. The van der Waals surface area contributed by atoms with Crippen molar-refractivity contribution in [3.05, 3.63) is 113 Å². The zero-order chi connectivity index (χ0) is 35.8. The molecule has 12 heteroatoms. The molecule has 2 aliphatic heterocycles. The standard InChI is InChI=1S/C39H41FN6O5/c1-25-32(39(49)46(30-21-41-42(2)23-30)28-9-11-31(47)12-10-28)19-36(43(25)3)33-20-37(50-4)35(40)18-34(33)38(48)45-22-27-8-6-5-7-26(27)17-29(45)24-44-13-15-51-16-14-44/h5-12,18-21,23,29,47H,13-17,22,24H2,1-4H3/t29-/m0/s1. The van der Waals surface area contributed by atoms with Gasteiger partial charge in [-0.2, -0.15) is 5.10 Å². The Morgan fingerprint density at radius 2 is 1.73 bits per heavy atom. The van der Waals surface area contributed by atoms with Crippen LogP contribution >= 0.6 is 0 Å². The van der Waals surface area contributed by atoms with E-state index in [2.05, 4.69) is 16.1 Å². The average Bonchev–Trinajstić information content (AvgIpc) is 3.70. The number of aromatic nitrogens is 3. The molecule has 7 rings (SSSR count). The second-order valence-electron chi connectivity index (χ2n) is 13.1. The van der Waals surface area contributed by atoms with Crippen LogP contribution in [0.3, 0.4) is 0 Å². The summed E-state index contributed by atoms with van der Waals surface area (Å²) in [7, 11) is 4.97. The highest BCUT2D eigenvalue weighted by atomic mass is 19.1. The third-order valence-corrected chi connectivity index (χ3v) is 10.0. The average molecular weight is 693 g/mol. The number of phenols is 1. The van der Waals surface area contributed by atoms with Crippen molar-refractivity contribution in [2.45, 2.75) is 25.9 Å². The van der Waals surface area contributed by atoms with E-state index in [9.17, 15) is 14.7 Å². The molecule has 1 saturated heterocycles. The largest absolute Gasteiger partial charge is 0.508 e. The second-order valence-corrected chi connectivity index (χ2v) is 13.1. The first-order chi connectivity index (χ1) is 24.6. The molecule has 1 N–H and O–H groups in total. The van der Waals surface area contributed by atoms with Gasteiger partial charge >= 0.3 is 0 Å². The van der Waals surface area contributed by atoms with Gasteiger partial charge in [0.1, 0.15) is 5.75 Å². The van der Waals surface area contributed by atoms with Gasteiger partial charge in [-0.05, 0) is 66.9 Å². The van der Waals surface area contributed by atoms with Gasteiger partial charge in [0.2, 0.25) is 0 Å². The lowest BCUT2D eigenvalue weighted by Gasteiger charge is -2.40. The van der Waals surface area contributed by atoms with Crippen molar-refractivity contribution >= 4 is 23.2 Å². The molecule has 0 aliphatic carbocycles. The summed E-state index contributed by atoms with van der Waals surface area (Å²) in [6.07, 6.45) is 4.00. The molecule has 0 spiro atoms. The van der Waals surface area contributed by atoms with Gasteiger partial charge in [0, 0.05) is 75.2 Å². The molecule has 0 bridgehead atoms. The van der Waals surface area contributed by atoms with Gasteiger partial charge in [0.15, 0.2) is 11.6 Å². The SMILES string of the molecule is COc1cc(-c2cc(C(=O)N(c3ccc(O)cc3)c3cnn(C)c3)c(C)n2C)c(C(=O)N2Cc3ccccc3C[C@H]2CN2CCOCC2)cc1F. The number of aryl methyl sites for hydroxylation is 1. The number of ether oxygens (including phenoxy) is 2. The number of fused-ring (bicyclic) bond motifs is 1. The minimum Gasteiger partial charge on any atom is -0.508 e. The van der Waals surface area contributed by atoms with Gasteiger partial charge in [-0.15, -0.1) is 0 Å². The lowest BCUT2D eigenvalue weighted by Crippen LogP contribution is -2.52. The number of rotatable bonds is 8. The molecule has 2 aromatic heterocycles. The van der Waals surface area contributed by atoms with Crippen LogP contribution < -0.4 is 9.64 Å². The zero-order valence-electron chi connectivity index (χ0n) is 29.2. The summed E-state index contributed by atoms with van der Waals surface area (Å²) in [5.74, 6) is -1.23. The number of phenolic OH excluding ortho intramolecular Hbond substituents is 1. The Bertz CT molecular complexity index is 2080. The summed E-state index contributed by atoms with van der Waals surface area (Å²) in [6, 6.07) is 18.9. The van der Waals surface area contributed by atoms with Crippen LogP contribution in [-0.4, -0.2) is 87.1 Å². The van der Waals surface area contributed by atoms with E-state index in [1.807, 2.05) is 41.6 Å². The Balaban J connectivity index is 1.31. The van der Waals surface area contributed by atoms with E-state index < -0.39 is 5.82 Å². The van der Waals surface area contributed by atoms with Crippen molar-refractivity contribution in [3.63, 3.8) is 0 Å². The number of carbonyl (C=O) groups is 2. The van der Waals surface area contributed by atoms with Gasteiger partial charge in [-0.3, -0.25) is 24.1 Å². The van der Waals surface area contributed by atoms with Crippen molar-refractivity contribution in [3.8, 4) is 22.8 Å². The lowest BCUT2D eigenvalue weighted by atomic mass is 9.92. The molecule has 51 heavy (non-hydrogen) atoms. The number of anilines is 2. The molecule has 0 radical (unpaired) electrons. The number of amides is 2. The highest BCUT2D eigenvalue weighted by Crippen LogP contribution is 2.37. The number of methoxy groups -OCH3 is 1. The van der Waals surface area contributed by atoms with Gasteiger partial charge in [0.05, 0.1) is 43.3 Å². The van der Waals surface area contributed by atoms with Crippen LogP contribution in [-0.2, 0) is 31.8 Å². The number of carbonyl (C=O) groups excluding carboxylic acids is 2. The number of halogens is 1. The molecule has 0 saturated carbocycles. The zero-order valence-corrected chi connectivity index (χ0v) is 29.2. The van der Waals surface area contributed by atoms with E-state index in [4.69, 9.17) is 9.47 Å². The van der Waals surface area contributed by atoms with E-state index in [0.717, 1.165) is 18.7 Å². The van der Waals surface area contributed by atoms with Gasteiger partial charge < -0.3 is 24.0 Å². The molecule has 5 aromatic rings. The van der Waals surface area contributed by atoms with Gasteiger partial charge in [-0.1, -0.05) is 24.3 Å². The van der Waals surface area contributed by atoms with Crippen molar-refractivity contribution in [1.82, 2.24) is 24.1 Å². The van der Waals surface area contributed by atoms with Crippen LogP contribution in [0.1, 0.15) is 37.5 Å². The molecule has 264 valence electrons. The van der Waals surface area contributed by atoms with Crippen LogP contribution in [0.15, 0.2) is 79.1 Å². The fourth-order valence-electron chi connectivity index (χ4n) is 7.13. The fraction of sp³-hybridized carbons (Fsp3) is 0.308. The Kier molecular flexibility index (Phi) is 9.37. The third kappa shape index (κ3) is 6.60. The van der Waals surface area contributed by atoms with E-state index in [1.54, 1.807) is 48.4 Å². The number of hydrogen-bond donors (Lipinski definition) is 1. The van der Waals surface area contributed by atoms with E-state index in [1.165, 1.54) is 35.8 Å². The van der Waals surface area contributed by atoms with Crippen LogP contribution in [0.25, 0.3) is 11.3 Å². The molecule has 1 atom stereocenters. The summed E-state index contributed by atoms with van der Waals surface area (Å²) in [4.78, 5) is 35.0. The molecule has 2 amide bonds. The number of hydrogen-bond acceptors (Lipinski definition) is 7. The molecular formula is C39H41FN6O5. The monoisotopic (exact) mass is 692 g/mol. The van der Waals surface area contributed by atoms with Crippen molar-refractivity contribution < 1.29 is 28.6 Å². The maximum atomic E-state index is 15.6. The van der Waals surface area contributed by atoms with E-state index in [0.29, 0.717) is 66.6 Å². The number of aromatic hydroxyl groups is 1. The molecule has 1 fully saturated rings. The molecule has 0 unspecified atom stereocenters. The Hall–Kier alpha value is -5.46. The Labute approximate surface area is 296 Å². The minimum absolute atomic E-state index is 0.0109. The Morgan fingerprint density at radius 1 is 1.00 bits per heavy atom. The summed E-state index contributed by atoms with van der Waals surface area (Å²) < 4.78 is 30.0. The summed E-state index contributed by atoms with van der Waals surface area (Å²) in [5, 5.41) is 14.2. The number of morpholine rings is 1. The van der Waals surface area contributed by atoms with Crippen LogP contribution in [0.2, 0.25) is 0 Å². The topological polar surface area (TPSA) is 105 Å². The van der Waals surface area contributed by atoms with Crippen molar-refractivity contribution in [2.75, 3.05) is 44.9 Å². The van der Waals surface area contributed by atoms with Crippen molar-refractivity contribution in [2.24, 2.45) is 14.1 Å². The molecule has 3 aromatic carbocycles. The fourth-order valence-corrected chi connectivity index (χ4v) is 7.13. The predicted octanol–water partition coefficient (Wildman–Crippen LogP) is 5.47. The van der Waals surface area contributed by atoms with E-state index >= 15 is 4.39 Å². The molecule has 11 nitrogen and oxygen atoms in total. The second kappa shape index (κ2) is 14.0. The number of benzene rings is 3. The first-order valence-corrected chi connectivity index (χ1v) is 17.0. The Morgan fingerprint density at radius 3 is 2.41 bits per heavy atom. The first-order valence-electron chi connectivity index (χ1n) is 17.0. The summed E-state index contributed by atoms with van der Waals surface area (Å²) in [6.45, 7) is 5.73. The summed E-state index contributed by atoms with van der Waals surface area (Å²) >= 11 is 0. The predicted molar refractivity (Wildman–Crippen MR) is 191 cm³/mol. The normalized spacial score (nSPS) is 16.2. The maximum Gasteiger partial charge on any atom is 0.264 e. The molecular weight excluding hydrogens is 651 g/mol.